The lowest BCUT2D eigenvalue weighted by molar-refractivity contribution is -0.509. The highest BCUT2D eigenvalue weighted by molar-refractivity contribution is 4.84. The fourth-order valence-electron chi connectivity index (χ4n) is 0.378. The van der Waals surface area contributed by atoms with Crippen LogP contribution in [0.1, 0.15) is 0 Å². The molecule has 11 heteroatoms. The Balaban J connectivity index is 5.03. The molecule has 0 amide bonds. The van der Waals surface area contributed by atoms with E-state index in [2.05, 4.69) is 0 Å². The molecule has 15 heavy (non-hydrogen) atoms. The third kappa shape index (κ3) is 3.12. The van der Waals surface area contributed by atoms with Gasteiger partial charge in [-0.3, -0.25) is 0 Å². The summed E-state index contributed by atoms with van der Waals surface area (Å²) in [6.07, 6.45) is -19.4. The normalized spacial score (nSPS) is 18.8. The molecular formula is C4HF9O2. The summed E-state index contributed by atoms with van der Waals surface area (Å²) < 4.78 is 105. The van der Waals surface area contributed by atoms with Gasteiger partial charge in [0.15, 0.2) is 0 Å². The van der Waals surface area contributed by atoms with E-state index in [-0.39, 0.29) is 0 Å². The number of halogens is 9. The van der Waals surface area contributed by atoms with Gasteiger partial charge in [-0.1, -0.05) is 0 Å². The lowest BCUT2D eigenvalue weighted by Crippen LogP contribution is -2.58. The van der Waals surface area contributed by atoms with Crippen molar-refractivity contribution in [2.24, 2.45) is 0 Å². The summed E-state index contributed by atoms with van der Waals surface area (Å²) in [5, 5.41) is 7.58. The predicted molar refractivity (Wildman–Crippen MR) is 24.2 cm³/mol. The fourth-order valence-corrected chi connectivity index (χ4v) is 0.378. The molecule has 0 rings (SSSR count). The second kappa shape index (κ2) is 3.40. The van der Waals surface area contributed by atoms with E-state index >= 15 is 0 Å². The van der Waals surface area contributed by atoms with Crippen molar-refractivity contribution in [3.8, 4) is 0 Å². The van der Waals surface area contributed by atoms with Crippen LogP contribution in [0.4, 0.5) is 39.5 Å². The molecule has 0 aliphatic rings. The van der Waals surface area contributed by atoms with Gasteiger partial charge in [0.1, 0.15) is 0 Å². The third-order valence-electron chi connectivity index (χ3n) is 1.01. The molecule has 0 saturated carbocycles. The highest BCUT2D eigenvalue weighted by Crippen LogP contribution is 2.46. The molecule has 1 N–H and O–H groups in total. The Morgan fingerprint density at radius 2 is 1.07 bits per heavy atom. The SMILES string of the molecule is OC(F)(C(F)(F)F)C(F)(F)OC(F)(F)F. The van der Waals surface area contributed by atoms with E-state index < -0.39 is 24.5 Å². The van der Waals surface area contributed by atoms with E-state index in [9.17, 15) is 39.5 Å². The molecule has 0 aromatic rings. The van der Waals surface area contributed by atoms with Crippen molar-refractivity contribution in [1.82, 2.24) is 0 Å². The number of hydrogen-bond donors (Lipinski definition) is 1. The van der Waals surface area contributed by atoms with E-state index in [1.54, 1.807) is 0 Å². The zero-order valence-corrected chi connectivity index (χ0v) is 6.26. The first-order chi connectivity index (χ1) is 6.21. The first-order valence-corrected chi connectivity index (χ1v) is 2.83. The Kier molecular flexibility index (Phi) is 3.24. The van der Waals surface area contributed by atoms with Gasteiger partial charge < -0.3 is 5.11 Å². The molecular weight excluding hydrogens is 251 g/mol. The van der Waals surface area contributed by atoms with Crippen LogP contribution in [0.2, 0.25) is 0 Å². The lowest BCUT2D eigenvalue weighted by Gasteiger charge is -2.29. The zero-order valence-electron chi connectivity index (χ0n) is 6.26. The first-order valence-electron chi connectivity index (χ1n) is 2.83. The molecule has 0 spiro atoms. The van der Waals surface area contributed by atoms with Crippen molar-refractivity contribution >= 4 is 0 Å². The van der Waals surface area contributed by atoms with Gasteiger partial charge in [0, 0.05) is 0 Å². The summed E-state index contributed by atoms with van der Waals surface area (Å²) >= 11 is 0. The maximum atomic E-state index is 12.0. The predicted octanol–water partition coefficient (Wildman–Crippen LogP) is 2.34. The van der Waals surface area contributed by atoms with Crippen LogP contribution >= 0.6 is 0 Å². The summed E-state index contributed by atoms with van der Waals surface area (Å²) in [6, 6.07) is 0. The topological polar surface area (TPSA) is 29.5 Å². The van der Waals surface area contributed by atoms with Crippen LogP contribution in [0.15, 0.2) is 0 Å². The van der Waals surface area contributed by atoms with Crippen molar-refractivity contribution in [2.45, 2.75) is 24.5 Å². The molecule has 0 aromatic carbocycles. The Bertz CT molecular complexity index is 225. The number of aliphatic hydroxyl groups is 1. The van der Waals surface area contributed by atoms with Crippen LogP contribution in [0.25, 0.3) is 0 Å². The Hall–Kier alpha value is -0.710. The van der Waals surface area contributed by atoms with Gasteiger partial charge in [-0.2, -0.15) is 26.3 Å². The minimum Gasteiger partial charge on any atom is -0.348 e. The Labute approximate surface area is 75.2 Å². The van der Waals surface area contributed by atoms with Crippen molar-refractivity contribution in [2.75, 3.05) is 0 Å². The van der Waals surface area contributed by atoms with Gasteiger partial charge in [0.25, 0.3) is 0 Å². The Morgan fingerprint density at radius 3 is 1.27 bits per heavy atom. The minimum absolute atomic E-state index is 1.54. The molecule has 0 radical (unpaired) electrons. The van der Waals surface area contributed by atoms with Gasteiger partial charge in [-0.15, -0.1) is 13.2 Å². The summed E-state index contributed by atoms with van der Waals surface area (Å²) in [5.74, 6) is -6.43. The molecule has 0 bridgehead atoms. The van der Waals surface area contributed by atoms with E-state index in [0.717, 1.165) is 0 Å². The van der Waals surface area contributed by atoms with Crippen LogP contribution in [0.3, 0.4) is 0 Å². The van der Waals surface area contributed by atoms with E-state index in [1.165, 1.54) is 4.74 Å². The average Bonchev–Trinajstić information content (AvgIpc) is 1.77. The fraction of sp³-hybridized carbons (Fsp3) is 1.00. The monoisotopic (exact) mass is 252 g/mol. The maximum absolute atomic E-state index is 12.0. The molecule has 1 unspecified atom stereocenters. The van der Waals surface area contributed by atoms with Crippen molar-refractivity contribution < 1.29 is 49.4 Å². The number of alkyl halides is 9. The van der Waals surface area contributed by atoms with Crippen molar-refractivity contribution in [1.29, 1.82) is 0 Å². The van der Waals surface area contributed by atoms with Crippen LogP contribution in [-0.4, -0.2) is 29.6 Å². The second-order valence-corrected chi connectivity index (χ2v) is 2.18. The first kappa shape index (κ1) is 14.3. The van der Waals surface area contributed by atoms with Crippen molar-refractivity contribution in [3.63, 3.8) is 0 Å². The van der Waals surface area contributed by atoms with E-state index in [0.29, 0.717) is 0 Å². The zero-order chi connectivity index (χ0) is 12.7. The Morgan fingerprint density at radius 1 is 0.733 bits per heavy atom. The molecule has 0 fully saturated rings. The standard InChI is InChI=1S/C4HF9O2/c5-1(14,2(6,7)8)3(9,10)15-4(11,12)13/h14H. The quantitative estimate of drug-likeness (QED) is 0.764. The van der Waals surface area contributed by atoms with E-state index in [1.807, 2.05) is 0 Å². The van der Waals surface area contributed by atoms with Crippen LogP contribution in [0.5, 0.6) is 0 Å². The smallest absolute Gasteiger partial charge is 0.348 e. The molecule has 0 heterocycles. The molecule has 0 saturated heterocycles. The van der Waals surface area contributed by atoms with Gasteiger partial charge >= 0.3 is 24.5 Å². The lowest BCUT2D eigenvalue weighted by atomic mass is 10.3. The van der Waals surface area contributed by atoms with Gasteiger partial charge in [-0.25, -0.2) is 4.74 Å². The molecule has 0 aliphatic heterocycles. The van der Waals surface area contributed by atoms with Crippen LogP contribution < -0.4 is 0 Å². The number of hydrogen-bond acceptors (Lipinski definition) is 2. The minimum atomic E-state index is -6.64. The summed E-state index contributed by atoms with van der Waals surface area (Å²) in [7, 11) is 0. The number of rotatable bonds is 2. The van der Waals surface area contributed by atoms with Gasteiger partial charge in [0.05, 0.1) is 0 Å². The van der Waals surface area contributed by atoms with Crippen LogP contribution in [-0.2, 0) is 4.74 Å². The molecule has 92 valence electrons. The molecule has 0 aliphatic carbocycles. The molecule has 2 nitrogen and oxygen atoms in total. The maximum Gasteiger partial charge on any atom is 0.527 e. The second-order valence-electron chi connectivity index (χ2n) is 2.18. The number of ether oxygens (including phenoxy) is 1. The van der Waals surface area contributed by atoms with Gasteiger partial charge in [0.2, 0.25) is 0 Å². The summed E-state index contributed by atoms with van der Waals surface area (Å²) in [4.78, 5) is 0. The largest absolute Gasteiger partial charge is 0.527 e. The molecule has 1 atom stereocenters. The van der Waals surface area contributed by atoms with E-state index in [4.69, 9.17) is 5.11 Å². The van der Waals surface area contributed by atoms with Crippen LogP contribution in [0, 0.1) is 0 Å². The summed E-state index contributed by atoms with van der Waals surface area (Å²) in [5.41, 5.74) is 0. The third-order valence-corrected chi connectivity index (χ3v) is 1.01. The highest BCUT2D eigenvalue weighted by atomic mass is 19.4. The average molecular weight is 252 g/mol. The van der Waals surface area contributed by atoms with Gasteiger partial charge in [-0.05, 0) is 0 Å². The summed E-state index contributed by atoms with van der Waals surface area (Å²) in [6.45, 7) is 0. The highest BCUT2D eigenvalue weighted by Gasteiger charge is 2.74. The van der Waals surface area contributed by atoms with Crippen molar-refractivity contribution in [3.05, 3.63) is 0 Å². The molecule has 0 aromatic heterocycles.